The fourth-order valence-electron chi connectivity index (χ4n) is 3.16. The van der Waals surface area contributed by atoms with Gasteiger partial charge in [0.1, 0.15) is 17.1 Å². The van der Waals surface area contributed by atoms with Gasteiger partial charge in [-0.2, -0.15) is 13.2 Å². The highest BCUT2D eigenvalue weighted by molar-refractivity contribution is 7.80. The van der Waals surface area contributed by atoms with Crippen molar-refractivity contribution >= 4 is 23.0 Å². The van der Waals surface area contributed by atoms with Crippen LogP contribution in [0.25, 0.3) is 0 Å². The van der Waals surface area contributed by atoms with Crippen LogP contribution in [0.2, 0.25) is 0 Å². The first-order valence-electron chi connectivity index (χ1n) is 8.69. The fraction of sp³-hybridized carbons (Fsp3) is 0.350. The molecule has 4 nitrogen and oxygen atoms in total. The number of ether oxygens (including phenoxy) is 2. The summed E-state index contributed by atoms with van der Waals surface area (Å²) in [5, 5.41) is 6.49. The number of hydrogen-bond donors (Lipinski definition) is 2. The number of hydrogen-bond acceptors (Lipinski definition) is 3. The lowest BCUT2D eigenvalue weighted by Gasteiger charge is -2.38. The molecule has 28 heavy (non-hydrogen) atoms. The number of fused-ring (bicyclic) bond motifs is 1. The van der Waals surface area contributed by atoms with Crippen molar-refractivity contribution in [2.75, 3.05) is 12.4 Å². The van der Waals surface area contributed by atoms with Crippen LogP contribution >= 0.6 is 12.2 Å². The number of halogens is 3. The van der Waals surface area contributed by atoms with E-state index in [1.807, 2.05) is 32.0 Å². The number of nitrogens with one attached hydrogen (secondary N) is 2. The third kappa shape index (κ3) is 4.67. The van der Waals surface area contributed by atoms with Crippen LogP contribution in [0.1, 0.15) is 37.4 Å². The van der Waals surface area contributed by atoms with Crippen LogP contribution in [0, 0.1) is 0 Å². The second-order valence-electron chi connectivity index (χ2n) is 7.20. The normalized spacial score (nSPS) is 17.9. The fourth-order valence-corrected chi connectivity index (χ4v) is 3.42. The van der Waals surface area contributed by atoms with E-state index in [0.717, 1.165) is 23.4 Å². The molecule has 0 amide bonds. The Morgan fingerprint density at radius 3 is 2.46 bits per heavy atom. The molecule has 150 valence electrons. The lowest BCUT2D eigenvalue weighted by atomic mass is 9.89. The van der Waals surface area contributed by atoms with E-state index < -0.39 is 17.3 Å². The molecular weight excluding hydrogens is 389 g/mol. The number of thiocarbonyl (C=S) groups is 1. The molecule has 0 bridgehead atoms. The zero-order valence-corrected chi connectivity index (χ0v) is 16.5. The number of anilines is 1. The molecule has 3 rings (SSSR count). The number of benzene rings is 2. The van der Waals surface area contributed by atoms with E-state index in [9.17, 15) is 13.2 Å². The molecule has 0 aromatic heterocycles. The molecule has 1 atom stereocenters. The highest BCUT2D eigenvalue weighted by atomic mass is 32.1. The number of methoxy groups -OCH3 is 1. The topological polar surface area (TPSA) is 42.5 Å². The predicted octanol–water partition coefficient (Wildman–Crippen LogP) is 5.30. The summed E-state index contributed by atoms with van der Waals surface area (Å²) in [6, 6.07) is 10.2. The molecule has 2 aromatic carbocycles. The van der Waals surface area contributed by atoms with E-state index in [4.69, 9.17) is 21.7 Å². The first kappa shape index (κ1) is 20.3. The molecule has 1 unspecified atom stereocenters. The lowest BCUT2D eigenvalue weighted by Crippen LogP contribution is -2.42. The van der Waals surface area contributed by atoms with E-state index in [1.165, 1.54) is 12.1 Å². The van der Waals surface area contributed by atoms with E-state index in [0.29, 0.717) is 23.0 Å². The summed E-state index contributed by atoms with van der Waals surface area (Å²) in [6.45, 7) is 3.97. The highest BCUT2D eigenvalue weighted by Crippen LogP contribution is 2.41. The third-order valence-corrected chi connectivity index (χ3v) is 4.67. The van der Waals surface area contributed by atoms with E-state index in [-0.39, 0.29) is 6.04 Å². The van der Waals surface area contributed by atoms with E-state index in [2.05, 4.69) is 10.6 Å². The van der Waals surface area contributed by atoms with Crippen molar-refractivity contribution in [2.24, 2.45) is 0 Å². The van der Waals surface area contributed by atoms with Crippen molar-refractivity contribution in [3.63, 3.8) is 0 Å². The summed E-state index contributed by atoms with van der Waals surface area (Å²) in [6.07, 6.45) is -3.71. The van der Waals surface area contributed by atoms with Gasteiger partial charge in [-0.3, -0.25) is 0 Å². The van der Waals surface area contributed by atoms with Crippen molar-refractivity contribution in [2.45, 2.75) is 38.1 Å². The molecule has 2 N–H and O–H groups in total. The standard InChI is InChI=1S/C20H21F3N2O2S/c1-19(2)11-16(15-10-14(26-3)8-9-17(15)27-19)25-18(28)24-13-6-4-12(5-7-13)20(21,22)23/h4-10,16H,11H2,1-3H3,(H2,24,25,28). The Labute approximate surface area is 167 Å². The van der Waals surface area contributed by atoms with Gasteiger partial charge in [0.05, 0.1) is 18.7 Å². The molecular formula is C20H21F3N2O2S. The zero-order valence-electron chi connectivity index (χ0n) is 15.7. The molecule has 8 heteroatoms. The molecule has 2 aromatic rings. The number of alkyl halides is 3. The van der Waals surface area contributed by atoms with Gasteiger partial charge in [0, 0.05) is 17.7 Å². The van der Waals surface area contributed by atoms with Gasteiger partial charge in [-0.15, -0.1) is 0 Å². The van der Waals surface area contributed by atoms with E-state index in [1.54, 1.807) is 7.11 Å². The van der Waals surface area contributed by atoms with Crippen LogP contribution in [0.3, 0.4) is 0 Å². The van der Waals surface area contributed by atoms with Gasteiger partial charge < -0.3 is 20.1 Å². The molecule has 0 aliphatic carbocycles. The van der Waals surface area contributed by atoms with Crippen LogP contribution in [0.4, 0.5) is 18.9 Å². The quantitative estimate of drug-likeness (QED) is 0.672. The molecule has 1 aliphatic rings. The maximum absolute atomic E-state index is 12.7. The maximum atomic E-state index is 12.7. The summed E-state index contributed by atoms with van der Waals surface area (Å²) in [5.74, 6) is 1.45. The SMILES string of the molecule is COc1ccc2c(c1)C(NC(=S)Nc1ccc(C(F)(F)F)cc1)CC(C)(C)O2. The van der Waals surface area contributed by atoms with Gasteiger partial charge in [-0.1, -0.05) is 0 Å². The summed E-state index contributed by atoms with van der Waals surface area (Å²) < 4.78 is 49.4. The number of rotatable bonds is 3. The average molecular weight is 410 g/mol. The minimum atomic E-state index is -4.37. The van der Waals surface area contributed by atoms with Crippen molar-refractivity contribution < 1.29 is 22.6 Å². The van der Waals surface area contributed by atoms with Crippen LogP contribution in [0.5, 0.6) is 11.5 Å². The maximum Gasteiger partial charge on any atom is 0.416 e. The average Bonchev–Trinajstić information content (AvgIpc) is 2.60. The summed E-state index contributed by atoms with van der Waals surface area (Å²) in [4.78, 5) is 0. The molecule has 1 aliphatic heterocycles. The monoisotopic (exact) mass is 410 g/mol. The van der Waals surface area contributed by atoms with E-state index >= 15 is 0 Å². The first-order valence-corrected chi connectivity index (χ1v) is 9.10. The van der Waals surface area contributed by atoms with Gasteiger partial charge in [-0.25, -0.2) is 0 Å². The Hall–Kier alpha value is -2.48. The predicted molar refractivity (Wildman–Crippen MR) is 106 cm³/mol. The summed E-state index contributed by atoms with van der Waals surface area (Å²) >= 11 is 5.37. The first-order chi connectivity index (χ1) is 13.1. The van der Waals surface area contributed by atoms with Gasteiger partial charge in [-0.05, 0) is 68.5 Å². The van der Waals surface area contributed by atoms with Gasteiger partial charge in [0.15, 0.2) is 5.11 Å². The Bertz CT molecular complexity index is 867. The third-order valence-electron chi connectivity index (χ3n) is 4.45. The van der Waals surface area contributed by atoms with Crippen molar-refractivity contribution in [1.82, 2.24) is 5.32 Å². The second-order valence-corrected chi connectivity index (χ2v) is 7.60. The van der Waals surface area contributed by atoms with Crippen molar-refractivity contribution in [1.29, 1.82) is 0 Å². The molecule has 0 radical (unpaired) electrons. The molecule has 1 heterocycles. The minimum absolute atomic E-state index is 0.136. The highest BCUT2D eigenvalue weighted by Gasteiger charge is 2.34. The van der Waals surface area contributed by atoms with Gasteiger partial charge in [0.2, 0.25) is 0 Å². The van der Waals surface area contributed by atoms with Crippen LogP contribution < -0.4 is 20.1 Å². The van der Waals surface area contributed by atoms with Crippen molar-refractivity contribution in [3.8, 4) is 11.5 Å². The lowest BCUT2D eigenvalue weighted by molar-refractivity contribution is -0.137. The Balaban J connectivity index is 1.75. The van der Waals surface area contributed by atoms with Crippen LogP contribution in [-0.2, 0) is 6.18 Å². The van der Waals surface area contributed by atoms with Gasteiger partial charge in [0.25, 0.3) is 0 Å². The Kier molecular flexibility index (Phi) is 5.43. The molecule has 0 saturated carbocycles. The Morgan fingerprint density at radius 2 is 1.86 bits per heavy atom. The summed E-state index contributed by atoms with van der Waals surface area (Å²) in [5.41, 5.74) is 0.283. The zero-order chi connectivity index (χ0) is 20.5. The Morgan fingerprint density at radius 1 is 1.18 bits per heavy atom. The molecule has 0 spiro atoms. The van der Waals surface area contributed by atoms with Gasteiger partial charge >= 0.3 is 6.18 Å². The molecule has 0 saturated heterocycles. The van der Waals surface area contributed by atoms with Crippen LogP contribution in [-0.4, -0.2) is 17.8 Å². The largest absolute Gasteiger partial charge is 0.497 e. The summed E-state index contributed by atoms with van der Waals surface area (Å²) in [7, 11) is 1.59. The van der Waals surface area contributed by atoms with Crippen LogP contribution in [0.15, 0.2) is 42.5 Å². The smallest absolute Gasteiger partial charge is 0.416 e. The van der Waals surface area contributed by atoms with Crippen molar-refractivity contribution in [3.05, 3.63) is 53.6 Å². The molecule has 0 fully saturated rings. The second kappa shape index (κ2) is 7.50. The minimum Gasteiger partial charge on any atom is -0.497 e.